The van der Waals surface area contributed by atoms with Crippen molar-refractivity contribution in [3.63, 3.8) is 0 Å². The Bertz CT molecular complexity index is 1250. The number of aromatic nitrogens is 2. The molecule has 1 aromatic heterocycles. The molecule has 242 valence electrons. The first kappa shape index (κ1) is 37.9. The maximum absolute atomic E-state index is 6.66. The first-order valence-electron chi connectivity index (χ1n) is 15.0. The minimum atomic E-state index is -2.24. The van der Waals surface area contributed by atoms with Gasteiger partial charge in [-0.3, -0.25) is 0 Å². The van der Waals surface area contributed by atoms with Gasteiger partial charge in [0.25, 0.3) is 0 Å². The van der Waals surface area contributed by atoms with E-state index in [-0.39, 0.29) is 0 Å². The maximum Gasteiger partial charge on any atom is 0.325 e. The molecular weight excluding hydrogens is 677 g/mol. The molecule has 0 aliphatic carbocycles. The van der Waals surface area contributed by atoms with Gasteiger partial charge in [-0.2, -0.15) is 23.5 Å². The molecule has 12 heteroatoms. The van der Waals surface area contributed by atoms with E-state index < -0.39 is 17.1 Å². The van der Waals surface area contributed by atoms with E-state index in [1.54, 1.807) is 42.0 Å². The summed E-state index contributed by atoms with van der Waals surface area (Å²) in [7, 11) is -0.810. The molecule has 5 nitrogen and oxygen atoms in total. The monoisotopic (exact) mass is 724 g/mol. The van der Waals surface area contributed by atoms with Crippen molar-refractivity contribution in [2.75, 3.05) is 37.7 Å². The van der Waals surface area contributed by atoms with Crippen molar-refractivity contribution < 1.29 is 13.0 Å². The van der Waals surface area contributed by atoms with E-state index in [0.717, 1.165) is 67.9 Å². The lowest BCUT2D eigenvalue weighted by Crippen LogP contribution is -2.51. The molecule has 3 aromatic rings. The van der Waals surface area contributed by atoms with Crippen LogP contribution in [0.2, 0.25) is 25.2 Å². The van der Waals surface area contributed by atoms with Crippen molar-refractivity contribution in [3.05, 3.63) is 77.4 Å². The molecule has 0 saturated heterocycles. The number of hydrogen-bond acceptors (Lipinski definition) is 10. The summed E-state index contributed by atoms with van der Waals surface area (Å²) >= 11 is 9.09. The number of nitrogens with zero attached hydrogens (tertiary/aromatic N) is 2. The van der Waals surface area contributed by atoms with Crippen molar-refractivity contribution >= 4 is 81.6 Å². The van der Waals surface area contributed by atoms with Crippen LogP contribution in [0.4, 0.5) is 0 Å². The van der Waals surface area contributed by atoms with Crippen LogP contribution in [0.25, 0.3) is 6.08 Å². The Labute approximate surface area is 289 Å². The second kappa shape index (κ2) is 20.0. The van der Waals surface area contributed by atoms with Gasteiger partial charge in [0.05, 0.1) is 0 Å². The summed E-state index contributed by atoms with van der Waals surface area (Å²) in [6.07, 6.45) is 6.26. The molecule has 1 heterocycles. The van der Waals surface area contributed by atoms with Crippen LogP contribution in [-0.4, -0.2) is 65.1 Å². The third-order valence-corrected chi connectivity index (χ3v) is 20.5. The Hall–Kier alpha value is -0.546. The smallest absolute Gasteiger partial charge is 0.325 e. The van der Waals surface area contributed by atoms with E-state index in [1.807, 2.05) is 36.7 Å². The Balaban J connectivity index is 1.35. The van der Waals surface area contributed by atoms with Crippen molar-refractivity contribution in [3.8, 4) is 0 Å². The lowest BCUT2D eigenvalue weighted by molar-refractivity contribution is 0.239. The zero-order valence-corrected chi connectivity index (χ0v) is 33.1. The van der Waals surface area contributed by atoms with E-state index >= 15 is 0 Å². The fraction of sp³-hybridized carbons (Fsp3) is 0.500. The van der Waals surface area contributed by atoms with Gasteiger partial charge in [-0.15, -0.1) is 10.2 Å². The highest BCUT2D eigenvalue weighted by molar-refractivity contribution is 8.02. The quantitative estimate of drug-likeness (QED) is 0.0573. The number of thioether (sulfide) groups is 4. The molecule has 0 aliphatic rings. The van der Waals surface area contributed by atoms with E-state index in [0.29, 0.717) is 5.92 Å². The summed E-state index contributed by atoms with van der Waals surface area (Å²) < 4.78 is 20.6. The van der Waals surface area contributed by atoms with Crippen LogP contribution in [0.5, 0.6) is 0 Å². The molecule has 0 bridgehead atoms. The molecule has 0 fully saturated rings. The summed E-state index contributed by atoms with van der Waals surface area (Å²) in [4.78, 5) is 0. The van der Waals surface area contributed by atoms with Crippen LogP contribution >= 0.6 is 58.4 Å². The van der Waals surface area contributed by atoms with Gasteiger partial charge in [0, 0.05) is 25.7 Å². The molecule has 3 atom stereocenters. The summed E-state index contributed by atoms with van der Waals surface area (Å²) in [6.45, 7) is 10.5. The van der Waals surface area contributed by atoms with Crippen molar-refractivity contribution in [1.29, 1.82) is 0 Å². The van der Waals surface area contributed by atoms with Crippen LogP contribution in [-0.2, 0) is 24.5 Å². The summed E-state index contributed by atoms with van der Waals surface area (Å²) in [5.41, 5.74) is 5.13. The summed E-state index contributed by atoms with van der Waals surface area (Å²) in [6, 6.07) is 19.6. The van der Waals surface area contributed by atoms with Gasteiger partial charge in [-0.05, 0) is 89.7 Å². The first-order valence-corrected chi connectivity index (χ1v) is 25.4. The molecule has 0 spiro atoms. The van der Waals surface area contributed by atoms with Gasteiger partial charge in [0.2, 0.25) is 0 Å². The molecule has 3 unspecified atom stereocenters. The van der Waals surface area contributed by atoms with E-state index in [4.69, 9.17) is 13.0 Å². The van der Waals surface area contributed by atoms with Crippen LogP contribution in [0.1, 0.15) is 47.9 Å². The Morgan fingerprint density at radius 3 is 1.86 bits per heavy atom. The standard InChI is InChI=1S/C32H48N2O3S5Si2/c1-8-27-11-13-28(14-12-27)24-40-31-33-34-32(42-31)41-25-29-15-17-30(18-16-29)26(2)23-39-20-10-22-44(7,36-4)37-43(6,35-3)21-9-19-38-5/h8,11-18,26H,1,9-10,19-25H2,2-7H3. The fourth-order valence-electron chi connectivity index (χ4n) is 4.53. The predicted octanol–water partition coefficient (Wildman–Crippen LogP) is 10.2. The van der Waals surface area contributed by atoms with Crippen molar-refractivity contribution in [1.82, 2.24) is 10.2 Å². The Morgan fingerprint density at radius 2 is 1.36 bits per heavy atom. The molecule has 0 aliphatic heterocycles. The minimum Gasteiger partial charge on any atom is -0.415 e. The Kier molecular flexibility index (Phi) is 17.2. The van der Waals surface area contributed by atoms with Gasteiger partial charge in [-0.25, -0.2) is 0 Å². The Morgan fingerprint density at radius 1 is 0.841 bits per heavy atom. The van der Waals surface area contributed by atoms with E-state index in [1.165, 1.54) is 16.7 Å². The zero-order valence-electron chi connectivity index (χ0n) is 27.0. The lowest BCUT2D eigenvalue weighted by Gasteiger charge is -2.35. The van der Waals surface area contributed by atoms with Crippen LogP contribution < -0.4 is 0 Å². The molecule has 0 N–H and O–H groups in total. The highest BCUT2D eigenvalue weighted by Gasteiger charge is 2.41. The molecule has 0 saturated carbocycles. The van der Waals surface area contributed by atoms with Crippen LogP contribution in [0.3, 0.4) is 0 Å². The third-order valence-electron chi connectivity index (χ3n) is 7.44. The molecule has 0 radical (unpaired) electrons. The van der Waals surface area contributed by atoms with Gasteiger partial charge < -0.3 is 13.0 Å². The van der Waals surface area contributed by atoms with Crippen LogP contribution in [0, 0.1) is 0 Å². The molecule has 2 aromatic carbocycles. The van der Waals surface area contributed by atoms with Gasteiger partial charge in [-0.1, -0.05) is 103 Å². The summed E-state index contributed by atoms with van der Waals surface area (Å²) in [5, 5.41) is 8.78. The highest BCUT2D eigenvalue weighted by atomic mass is 32.2. The number of hydrogen-bond donors (Lipinski definition) is 0. The van der Waals surface area contributed by atoms with Gasteiger partial charge in [0.15, 0.2) is 8.68 Å². The summed E-state index contributed by atoms with van der Waals surface area (Å²) in [5.74, 6) is 5.69. The largest absolute Gasteiger partial charge is 0.415 e. The zero-order chi connectivity index (χ0) is 31.8. The molecular formula is C32H48N2O3S5Si2. The maximum atomic E-state index is 6.66. The highest BCUT2D eigenvalue weighted by Crippen LogP contribution is 2.33. The number of benzene rings is 2. The van der Waals surface area contributed by atoms with E-state index in [9.17, 15) is 0 Å². The normalized spacial score (nSPS) is 15.0. The first-order chi connectivity index (χ1) is 21.2. The van der Waals surface area contributed by atoms with E-state index in [2.05, 4.69) is 91.6 Å². The van der Waals surface area contributed by atoms with Crippen molar-refractivity contribution in [2.45, 2.75) is 71.1 Å². The molecule has 3 rings (SSSR count). The molecule has 44 heavy (non-hydrogen) atoms. The fourth-order valence-corrected chi connectivity index (χ4v) is 16.7. The van der Waals surface area contributed by atoms with Crippen molar-refractivity contribution in [2.24, 2.45) is 0 Å². The SMILES string of the molecule is C=Cc1ccc(CSc2nnc(SCc3ccc(C(C)CSCCC[Si](C)(OC)O[Si](C)(CCCSC)OC)cc3)s2)cc1. The average molecular weight is 725 g/mol. The second-order valence-corrected chi connectivity index (χ2v) is 23.8. The minimum absolute atomic E-state index is 0.514. The van der Waals surface area contributed by atoms with Gasteiger partial charge >= 0.3 is 17.1 Å². The molecule has 0 amide bonds. The number of rotatable bonds is 22. The van der Waals surface area contributed by atoms with Gasteiger partial charge in [0.1, 0.15) is 0 Å². The second-order valence-electron chi connectivity index (χ2n) is 11.1. The predicted molar refractivity (Wildman–Crippen MR) is 203 cm³/mol. The van der Waals surface area contributed by atoms with Crippen LogP contribution in [0.15, 0.2) is 63.8 Å². The average Bonchev–Trinajstić information content (AvgIpc) is 3.51. The third kappa shape index (κ3) is 13.3. The topological polar surface area (TPSA) is 53.5 Å². The lowest BCUT2D eigenvalue weighted by atomic mass is 10.0.